The first-order chi connectivity index (χ1) is 8.58. The Morgan fingerprint density at radius 2 is 2.06 bits per heavy atom. The second-order valence-corrected chi connectivity index (χ2v) is 4.82. The molecule has 0 saturated carbocycles. The number of halogens is 2. The summed E-state index contributed by atoms with van der Waals surface area (Å²) in [6.45, 7) is 1.83. The van der Waals surface area contributed by atoms with Crippen molar-refractivity contribution in [3.63, 3.8) is 0 Å². The number of hydrogen-bond acceptors (Lipinski definition) is 4. The molecule has 1 heterocycles. The minimum Gasteiger partial charge on any atom is -0.495 e. The quantitative estimate of drug-likeness (QED) is 0.867. The fourth-order valence-electron chi connectivity index (χ4n) is 1.49. The SMILES string of the molecule is COc1ccc(Nc2cc(Br)nc(C)n2)cc1Cl. The topological polar surface area (TPSA) is 47.0 Å². The first kappa shape index (κ1) is 13.1. The average molecular weight is 329 g/mol. The maximum atomic E-state index is 6.05. The van der Waals surface area contributed by atoms with Crippen molar-refractivity contribution in [3.8, 4) is 5.75 Å². The minimum absolute atomic E-state index is 0.548. The van der Waals surface area contributed by atoms with Gasteiger partial charge in [-0.15, -0.1) is 0 Å². The molecule has 94 valence electrons. The van der Waals surface area contributed by atoms with Crippen LogP contribution >= 0.6 is 27.5 Å². The van der Waals surface area contributed by atoms with Crippen LogP contribution < -0.4 is 10.1 Å². The molecule has 6 heteroatoms. The Labute approximate surface area is 118 Å². The molecule has 0 unspecified atom stereocenters. The van der Waals surface area contributed by atoms with Crippen LogP contribution in [0.25, 0.3) is 0 Å². The predicted octanol–water partition coefficient (Wildman–Crippen LogP) is 3.95. The lowest BCUT2D eigenvalue weighted by molar-refractivity contribution is 0.415. The second kappa shape index (κ2) is 5.54. The third-order valence-corrected chi connectivity index (χ3v) is 2.93. The summed E-state index contributed by atoms with van der Waals surface area (Å²) in [5, 5.41) is 3.71. The molecule has 2 rings (SSSR count). The number of methoxy groups -OCH3 is 1. The van der Waals surface area contributed by atoms with Crippen LogP contribution in [0.2, 0.25) is 5.02 Å². The Morgan fingerprint density at radius 1 is 1.28 bits per heavy atom. The van der Waals surface area contributed by atoms with Crippen molar-refractivity contribution in [2.45, 2.75) is 6.92 Å². The summed E-state index contributed by atoms with van der Waals surface area (Å²) in [6.07, 6.45) is 0. The molecule has 18 heavy (non-hydrogen) atoms. The highest BCUT2D eigenvalue weighted by atomic mass is 79.9. The van der Waals surface area contributed by atoms with Crippen molar-refractivity contribution in [1.82, 2.24) is 9.97 Å². The number of aryl methyl sites for hydroxylation is 1. The van der Waals surface area contributed by atoms with Gasteiger partial charge in [0.05, 0.1) is 12.1 Å². The first-order valence-electron chi connectivity index (χ1n) is 5.20. The fraction of sp³-hybridized carbons (Fsp3) is 0.167. The molecular formula is C12H11BrClN3O. The van der Waals surface area contributed by atoms with Gasteiger partial charge in [-0.1, -0.05) is 11.6 Å². The van der Waals surface area contributed by atoms with Crippen LogP contribution in [0.3, 0.4) is 0 Å². The van der Waals surface area contributed by atoms with Gasteiger partial charge < -0.3 is 10.1 Å². The summed E-state index contributed by atoms with van der Waals surface area (Å²) < 4.78 is 5.83. The van der Waals surface area contributed by atoms with Gasteiger partial charge in [0.25, 0.3) is 0 Å². The van der Waals surface area contributed by atoms with E-state index in [0.717, 1.165) is 10.3 Å². The zero-order valence-electron chi connectivity index (χ0n) is 9.87. The largest absolute Gasteiger partial charge is 0.495 e. The lowest BCUT2D eigenvalue weighted by atomic mass is 10.3. The maximum Gasteiger partial charge on any atom is 0.137 e. The van der Waals surface area contributed by atoms with E-state index in [-0.39, 0.29) is 0 Å². The molecule has 0 saturated heterocycles. The highest BCUT2D eigenvalue weighted by Gasteiger charge is 2.04. The third kappa shape index (κ3) is 3.11. The Hall–Kier alpha value is -1.33. The Bertz CT molecular complexity index is 557. The molecule has 0 aliphatic heterocycles. The van der Waals surface area contributed by atoms with E-state index in [1.54, 1.807) is 25.3 Å². The van der Waals surface area contributed by atoms with Gasteiger partial charge in [-0.05, 0) is 41.1 Å². The Balaban J connectivity index is 2.25. The van der Waals surface area contributed by atoms with Gasteiger partial charge in [-0.25, -0.2) is 9.97 Å². The highest BCUT2D eigenvalue weighted by Crippen LogP contribution is 2.28. The van der Waals surface area contributed by atoms with E-state index >= 15 is 0 Å². The molecule has 4 nitrogen and oxygen atoms in total. The van der Waals surface area contributed by atoms with Crippen LogP contribution in [0, 0.1) is 6.92 Å². The van der Waals surface area contributed by atoms with Crippen molar-refractivity contribution >= 4 is 39.0 Å². The van der Waals surface area contributed by atoms with Crippen molar-refractivity contribution in [2.75, 3.05) is 12.4 Å². The fourth-order valence-corrected chi connectivity index (χ4v) is 2.22. The van der Waals surface area contributed by atoms with Gasteiger partial charge in [0.15, 0.2) is 0 Å². The molecule has 0 radical (unpaired) electrons. The van der Waals surface area contributed by atoms with Gasteiger partial charge in [0.1, 0.15) is 22.0 Å². The smallest absolute Gasteiger partial charge is 0.137 e. The summed E-state index contributed by atoms with van der Waals surface area (Å²) in [4.78, 5) is 8.42. The van der Waals surface area contributed by atoms with Crippen LogP contribution in [0.5, 0.6) is 5.75 Å². The lowest BCUT2D eigenvalue weighted by Crippen LogP contribution is -1.97. The lowest BCUT2D eigenvalue weighted by Gasteiger charge is -2.09. The Morgan fingerprint density at radius 3 is 2.67 bits per heavy atom. The van der Waals surface area contributed by atoms with Gasteiger partial charge in [0.2, 0.25) is 0 Å². The third-order valence-electron chi connectivity index (χ3n) is 2.23. The van der Waals surface area contributed by atoms with E-state index in [1.807, 2.05) is 13.0 Å². The molecule has 0 aliphatic carbocycles. The van der Waals surface area contributed by atoms with Crippen LogP contribution in [-0.4, -0.2) is 17.1 Å². The maximum absolute atomic E-state index is 6.05. The number of hydrogen-bond donors (Lipinski definition) is 1. The zero-order valence-corrected chi connectivity index (χ0v) is 12.2. The Kier molecular flexibility index (Phi) is 4.04. The van der Waals surface area contributed by atoms with Crippen molar-refractivity contribution in [1.29, 1.82) is 0 Å². The van der Waals surface area contributed by atoms with Crippen LogP contribution in [-0.2, 0) is 0 Å². The summed E-state index contributed by atoms with van der Waals surface area (Å²) in [7, 11) is 1.58. The van der Waals surface area contributed by atoms with Crippen molar-refractivity contribution in [2.24, 2.45) is 0 Å². The first-order valence-corrected chi connectivity index (χ1v) is 6.37. The van der Waals surface area contributed by atoms with E-state index < -0.39 is 0 Å². The standard InChI is InChI=1S/C12H11BrClN3O/c1-7-15-11(13)6-12(16-7)17-8-3-4-10(18-2)9(14)5-8/h3-6H,1-2H3,(H,15,16,17). The van der Waals surface area contributed by atoms with Gasteiger partial charge in [-0.2, -0.15) is 0 Å². The molecule has 1 aromatic carbocycles. The normalized spacial score (nSPS) is 10.2. The number of anilines is 2. The molecule has 0 fully saturated rings. The van der Waals surface area contributed by atoms with E-state index in [4.69, 9.17) is 16.3 Å². The molecule has 2 aromatic rings. The van der Waals surface area contributed by atoms with Gasteiger partial charge >= 0.3 is 0 Å². The van der Waals surface area contributed by atoms with Crippen LogP contribution in [0.4, 0.5) is 11.5 Å². The van der Waals surface area contributed by atoms with E-state index in [1.165, 1.54) is 0 Å². The molecule has 1 aromatic heterocycles. The van der Waals surface area contributed by atoms with Crippen LogP contribution in [0.1, 0.15) is 5.82 Å². The van der Waals surface area contributed by atoms with E-state index in [9.17, 15) is 0 Å². The number of rotatable bonds is 3. The monoisotopic (exact) mass is 327 g/mol. The zero-order chi connectivity index (χ0) is 13.1. The molecule has 0 bridgehead atoms. The molecule has 0 atom stereocenters. The number of nitrogens with one attached hydrogen (secondary N) is 1. The van der Waals surface area contributed by atoms with Gasteiger partial charge in [-0.3, -0.25) is 0 Å². The second-order valence-electron chi connectivity index (χ2n) is 3.60. The van der Waals surface area contributed by atoms with E-state index in [0.29, 0.717) is 22.4 Å². The summed E-state index contributed by atoms with van der Waals surface area (Å²) in [5.41, 5.74) is 0.839. The highest BCUT2D eigenvalue weighted by molar-refractivity contribution is 9.10. The summed E-state index contributed by atoms with van der Waals surface area (Å²) in [5.74, 6) is 2.03. The molecule has 1 N–H and O–H groups in total. The van der Waals surface area contributed by atoms with E-state index in [2.05, 4.69) is 31.2 Å². The molecule has 0 spiro atoms. The minimum atomic E-state index is 0.548. The number of benzene rings is 1. The molecule has 0 aliphatic rings. The number of nitrogens with zero attached hydrogens (tertiary/aromatic N) is 2. The number of aromatic nitrogens is 2. The predicted molar refractivity (Wildman–Crippen MR) is 75.8 cm³/mol. The number of ether oxygens (including phenoxy) is 1. The summed E-state index contributed by atoms with van der Waals surface area (Å²) >= 11 is 9.38. The molecular weight excluding hydrogens is 318 g/mol. The average Bonchev–Trinajstić information content (AvgIpc) is 2.27. The van der Waals surface area contributed by atoms with Gasteiger partial charge in [0, 0.05) is 11.8 Å². The summed E-state index contributed by atoms with van der Waals surface area (Å²) in [6, 6.07) is 7.25. The van der Waals surface area contributed by atoms with Crippen LogP contribution in [0.15, 0.2) is 28.9 Å². The van der Waals surface area contributed by atoms with Crippen molar-refractivity contribution in [3.05, 3.63) is 39.7 Å². The van der Waals surface area contributed by atoms with Crippen molar-refractivity contribution < 1.29 is 4.74 Å². The molecule has 0 amide bonds.